The Kier molecular flexibility index (Phi) is 3.59. The number of hydrogen-bond donors (Lipinski definition) is 0. The first kappa shape index (κ1) is 9.05. The van der Waals surface area contributed by atoms with Crippen LogP contribution in [-0.2, 0) is 6.42 Å². The van der Waals surface area contributed by atoms with Gasteiger partial charge in [-0.2, -0.15) is 0 Å². The first-order valence-electron chi connectivity index (χ1n) is 4.54. The van der Waals surface area contributed by atoms with Crippen molar-refractivity contribution in [3.05, 3.63) is 47.5 Å². The van der Waals surface area contributed by atoms with E-state index in [1.165, 1.54) is 11.1 Å². The number of benzene rings is 1. The van der Waals surface area contributed by atoms with Crippen molar-refractivity contribution >= 4 is 0 Å². The van der Waals surface area contributed by atoms with Gasteiger partial charge in [-0.05, 0) is 25.3 Å². The first-order chi connectivity index (χ1) is 5.86. The average Bonchev–Trinajstić information content (AvgIpc) is 2.16. The summed E-state index contributed by atoms with van der Waals surface area (Å²) in [5.74, 6) is 0. The standard InChI is InChI=1S/C12H16/c1-3-11(4-2)10-12-8-6-5-7-9-12/h3,5-9H,4,10H2,1-2H3/b11-3+. The highest BCUT2D eigenvalue weighted by atomic mass is 14.0. The van der Waals surface area contributed by atoms with Crippen LogP contribution in [0.5, 0.6) is 0 Å². The molecule has 0 saturated heterocycles. The monoisotopic (exact) mass is 160 g/mol. The largest absolute Gasteiger partial charge is 0.0881 e. The molecule has 12 heavy (non-hydrogen) atoms. The van der Waals surface area contributed by atoms with Crippen molar-refractivity contribution in [3.8, 4) is 0 Å². The van der Waals surface area contributed by atoms with E-state index in [1.807, 2.05) is 0 Å². The summed E-state index contributed by atoms with van der Waals surface area (Å²) in [6, 6.07) is 10.6. The molecule has 0 atom stereocenters. The molecule has 1 rings (SSSR count). The molecule has 0 aliphatic rings. The van der Waals surface area contributed by atoms with E-state index < -0.39 is 0 Å². The van der Waals surface area contributed by atoms with E-state index >= 15 is 0 Å². The van der Waals surface area contributed by atoms with Crippen LogP contribution < -0.4 is 0 Å². The topological polar surface area (TPSA) is 0 Å². The number of allylic oxidation sites excluding steroid dienone is 2. The highest BCUT2D eigenvalue weighted by molar-refractivity contribution is 5.21. The van der Waals surface area contributed by atoms with Gasteiger partial charge >= 0.3 is 0 Å². The van der Waals surface area contributed by atoms with Gasteiger partial charge in [0.1, 0.15) is 0 Å². The predicted octanol–water partition coefficient (Wildman–Crippen LogP) is 3.59. The number of rotatable bonds is 3. The summed E-state index contributed by atoms with van der Waals surface area (Å²) >= 11 is 0. The zero-order valence-corrected chi connectivity index (χ0v) is 7.88. The van der Waals surface area contributed by atoms with E-state index in [9.17, 15) is 0 Å². The smallest absolute Gasteiger partial charge is 0.00673 e. The molecule has 1 aromatic carbocycles. The van der Waals surface area contributed by atoms with Gasteiger partial charge in [-0.25, -0.2) is 0 Å². The molecule has 0 fully saturated rings. The van der Waals surface area contributed by atoms with Gasteiger partial charge < -0.3 is 0 Å². The lowest BCUT2D eigenvalue weighted by atomic mass is 10.0. The Bertz CT molecular complexity index is 244. The van der Waals surface area contributed by atoms with Gasteiger partial charge in [-0.3, -0.25) is 0 Å². The molecule has 0 bridgehead atoms. The van der Waals surface area contributed by atoms with E-state index in [4.69, 9.17) is 0 Å². The van der Waals surface area contributed by atoms with Gasteiger partial charge in [-0.1, -0.05) is 48.9 Å². The summed E-state index contributed by atoms with van der Waals surface area (Å²) in [6.45, 7) is 4.32. The maximum atomic E-state index is 2.22. The molecule has 0 aliphatic carbocycles. The molecule has 0 saturated carbocycles. The van der Waals surface area contributed by atoms with Gasteiger partial charge in [0.05, 0.1) is 0 Å². The van der Waals surface area contributed by atoms with Crippen molar-refractivity contribution in [1.82, 2.24) is 0 Å². The van der Waals surface area contributed by atoms with Gasteiger partial charge in [0.15, 0.2) is 0 Å². The molecular weight excluding hydrogens is 144 g/mol. The first-order valence-corrected chi connectivity index (χ1v) is 4.54. The summed E-state index contributed by atoms with van der Waals surface area (Å²) in [7, 11) is 0. The lowest BCUT2D eigenvalue weighted by molar-refractivity contribution is 0.998. The molecule has 0 amide bonds. The minimum Gasteiger partial charge on any atom is -0.0881 e. The SMILES string of the molecule is C/C=C(\CC)Cc1ccccc1. The zero-order valence-electron chi connectivity index (χ0n) is 7.88. The molecular formula is C12H16. The fourth-order valence-electron chi connectivity index (χ4n) is 1.29. The third kappa shape index (κ3) is 2.54. The Labute approximate surface area is 74.9 Å². The molecule has 0 unspecified atom stereocenters. The Morgan fingerprint density at radius 3 is 2.42 bits per heavy atom. The Balaban J connectivity index is 2.64. The third-order valence-corrected chi connectivity index (χ3v) is 2.14. The van der Waals surface area contributed by atoms with Crippen molar-refractivity contribution < 1.29 is 0 Å². The summed E-state index contributed by atoms with van der Waals surface area (Å²) in [6.07, 6.45) is 4.48. The van der Waals surface area contributed by atoms with Crippen molar-refractivity contribution in [2.24, 2.45) is 0 Å². The molecule has 0 N–H and O–H groups in total. The van der Waals surface area contributed by atoms with Crippen LogP contribution in [-0.4, -0.2) is 0 Å². The molecule has 0 nitrogen and oxygen atoms in total. The maximum absolute atomic E-state index is 2.22. The molecule has 0 radical (unpaired) electrons. The van der Waals surface area contributed by atoms with Gasteiger partial charge in [0.25, 0.3) is 0 Å². The minimum absolute atomic E-state index is 1.10. The van der Waals surface area contributed by atoms with Crippen LogP contribution in [0, 0.1) is 0 Å². The van der Waals surface area contributed by atoms with Crippen LogP contribution in [0.2, 0.25) is 0 Å². The van der Waals surface area contributed by atoms with Crippen LogP contribution >= 0.6 is 0 Å². The van der Waals surface area contributed by atoms with Crippen LogP contribution in [0.25, 0.3) is 0 Å². The second-order valence-electron chi connectivity index (χ2n) is 2.96. The van der Waals surface area contributed by atoms with E-state index in [0.29, 0.717) is 0 Å². The lowest BCUT2D eigenvalue weighted by Gasteiger charge is -2.02. The highest BCUT2D eigenvalue weighted by Gasteiger charge is 1.94. The normalized spacial score (nSPS) is 11.7. The lowest BCUT2D eigenvalue weighted by Crippen LogP contribution is -1.87. The van der Waals surface area contributed by atoms with Crippen molar-refractivity contribution in [3.63, 3.8) is 0 Å². The van der Waals surface area contributed by atoms with E-state index in [0.717, 1.165) is 12.8 Å². The predicted molar refractivity (Wildman–Crippen MR) is 54.2 cm³/mol. The fraction of sp³-hybridized carbons (Fsp3) is 0.333. The number of hydrogen-bond acceptors (Lipinski definition) is 0. The molecule has 0 heteroatoms. The van der Waals surface area contributed by atoms with Gasteiger partial charge in [0.2, 0.25) is 0 Å². The van der Waals surface area contributed by atoms with Gasteiger partial charge in [-0.15, -0.1) is 0 Å². The molecule has 0 aromatic heterocycles. The fourth-order valence-corrected chi connectivity index (χ4v) is 1.29. The summed E-state index contributed by atoms with van der Waals surface area (Å²) in [5.41, 5.74) is 2.92. The van der Waals surface area contributed by atoms with E-state index in [2.05, 4.69) is 50.3 Å². The average molecular weight is 160 g/mol. The van der Waals surface area contributed by atoms with Crippen molar-refractivity contribution in [2.75, 3.05) is 0 Å². The Hall–Kier alpha value is -1.04. The quantitative estimate of drug-likeness (QED) is 0.593. The second-order valence-corrected chi connectivity index (χ2v) is 2.96. The minimum atomic E-state index is 1.10. The van der Waals surface area contributed by atoms with Crippen molar-refractivity contribution in [2.45, 2.75) is 26.7 Å². The third-order valence-electron chi connectivity index (χ3n) is 2.14. The molecule has 0 heterocycles. The van der Waals surface area contributed by atoms with E-state index in [1.54, 1.807) is 0 Å². The summed E-state index contributed by atoms with van der Waals surface area (Å²) < 4.78 is 0. The Morgan fingerprint density at radius 1 is 1.25 bits per heavy atom. The molecule has 0 spiro atoms. The maximum Gasteiger partial charge on any atom is -0.00673 e. The van der Waals surface area contributed by atoms with Crippen LogP contribution in [0.1, 0.15) is 25.8 Å². The molecule has 1 aromatic rings. The summed E-state index contributed by atoms with van der Waals surface area (Å²) in [5, 5.41) is 0. The van der Waals surface area contributed by atoms with Crippen molar-refractivity contribution in [1.29, 1.82) is 0 Å². The Morgan fingerprint density at radius 2 is 1.92 bits per heavy atom. The van der Waals surface area contributed by atoms with E-state index in [-0.39, 0.29) is 0 Å². The highest BCUT2D eigenvalue weighted by Crippen LogP contribution is 2.10. The molecule has 64 valence electrons. The zero-order chi connectivity index (χ0) is 8.81. The van der Waals surface area contributed by atoms with Crippen LogP contribution in [0.15, 0.2) is 42.0 Å². The van der Waals surface area contributed by atoms with Gasteiger partial charge in [0, 0.05) is 0 Å². The summed E-state index contributed by atoms with van der Waals surface area (Å²) in [4.78, 5) is 0. The molecule has 0 aliphatic heterocycles. The van der Waals surface area contributed by atoms with Crippen LogP contribution in [0.4, 0.5) is 0 Å². The second kappa shape index (κ2) is 4.76. The van der Waals surface area contributed by atoms with Crippen LogP contribution in [0.3, 0.4) is 0 Å².